The predicted octanol–water partition coefficient (Wildman–Crippen LogP) is 5.32. The minimum Gasteiger partial charge on any atom is -0.494 e. The normalized spacial score (nSPS) is 10.8. The lowest BCUT2D eigenvalue weighted by molar-refractivity contribution is -0.112. The van der Waals surface area contributed by atoms with E-state index in [9.17, 15) is 10.1 Å². The molecule has 0 radical (unpaired) electrons. The molecule has 0 atom stereocenters. The molecule has 138 valence electrons. The molecule has 2 aromatic carbocycles. The Bertz CT molecular complexity index is 926. The van der Waals surface area contributed by atoms with E-state index in [1.165, 1.54) is 0 Å². The number of halogens is 1. The van der Waals surface area contributed by atoms with Crippen LogP contribution in [0.4, 0.5) is 5.69 Å². The molecule has 0 saturated heterocycles. The number of carbonyl (C=O) groups excluding carboxylic acids is 1. The third kappa shape index (κ3) is 5.47. The number of nitrogens with zero attached hydrogens (tertiary/aromatic N) is 1. The van der Waals surface area contributed by atoms with Crippen LogP contribution in [0, 0.1) is 18.3 Å². The maximum atomic E-state index is 12.4. The number of anilines is 1. The smallest absolute Gasteiger partial charge is 0.266 e. The summed E-state index contributed by atoms with van der Waals surface area (Å²) in [5.74, 6) is 0.281. The topological polar surface area (TPSA) is 62.1 Å². The van der Waals surface area contributed by atoms with E-state index < -0.39 is 5.91 Å². The Morgan fingerprint density at radius 1 is 1.33 bits per heavy atom. The quantitative estimate of drug-likeness (QED) is 0.401. The second-order valence-corrected chi connectivity index (χ2v) is 6.29. The predicted molar refractivity (Wildman–Crippen MR) is 110 cm³/mol. The van der Waals surface area contributed by atoms with Crippen molar-refractivity contribution < 1.29 is 9.53 Å². The summed E-state index contributed by atoms with van der Waals surface area (Å²) in [4.78, 5) is 12.4. The van der Waals surface area contributed by atoms with Gasteiger partial charge in [-0.3, -0.25) is 4.79 Å². The molecule has 27 heavy (non-hydrogen) atoms. The lowest BCUT2D eigenvalue weighted by Crippen LogP contribution is -2.13. The van der Waals surface area contributed by atoms with Gasteiger partial charge in [-0.2, -0.15) is 5.26 Å². The molecule has 0 unspecified atom stereocenters. The number of hydrogen-bond donors (Lipinski definition) is 1. The maximum Gasteiger partial charge on any atom is 0.266 e. The Morgan fingerprint density at radius 3 is 2.74 bits per heavy atom. The third-order valence-electron chi connectivity index (χ3n) is 3.85. The van der Waals surface area contributed by atoms with Gasteiger partial charge in [-0.15, -0.1) is 6.58 Å². The minimum absolute atomic E-state index is 0.000380. The highest BCUT2D eigenvalue weighted by Gasteiger charge is 2.11. The van der Waals surface area contributed by atoms with Gasteiger partial charge < -0.3 is 10.1 Å². The number of rotatable bonds is 7. The summed E-state index contributed by atoms with van der Waals surface area (Å²) in [6, 6.07) is 12.7. The van der Waals surface area contributed by atoms with E-state index in [-0.39, 0.29) is 5.57 Å². The number of amides is 1. The van der Waals surface area contributed by atoms with E-state index in [0.717, 1.165) is 22.4 Å². The number of nitrogens with one attached hydrogen (secondary N) is 1. The number of ether oxygens (including phenoxy) is 1. The van der Waals surface area contributed by atoms with Crippen LogP contribution in [0.1, 0.15) is 23.6 Å². The number of hydrogen-bond acceptors (Lipinski definition) is 3. The summed E-state index contributed by atoms with van der Waals surface area (Å²) in [5.41, 5.74) is 3.14. The Kier molecular flexibility index (Phi) is 7.22. The molecule has 0 aliphatic rings. The fourth-order valence-electron chi connectivity index (χ4n) is 2.48. The number of benzene rings is 2. The lowest BCUT2D eigenvalue weighted by atomic mass is 10.0. The van der Waals surface area contributed by atoms with Crippen molar-refractivity contribution >= 4 is 29.3 Å². The van der Waals surface area contributed by atoms with Gasteiger partial charge in [-0.25, -0.2) is 0 Å². The van der Waals surface area contributed by atoms with Gasteiger partial charge in [-0.1, -0.05) is 29.8 Å². The third-order valence-corrected chi connectivity index (χ3v) is 4.26. The molecule has 0 saturated carbocycles. The number of carbonyl (C=O) groups is 1. The molecule has 0 spiro atoms. The number of nitriles is 1. The Morgan fingerprint density at radius 2 is 2.11 bits per heavy atom. The van der Waals surface area contributed by atoms with Gasteiger partial charge >= 0.3 is 0 Å². The molecule has 0 heterocycles. The SMILES string of the molecule is C=CCc1cc(/C=C(/C#N)C(=O)Nc2ccc(C)c(Cl)c2)ccc1OCC. The zero-order valence-electron chi connectivity index (χ0n) is 15.4. The maximum absolute atomic E-state index is 12.4. The van der Waals surface area contributed by atoms with Crippen molar-refractivity contribution in [1.29, 1.82) is 5.26 Å². The molecule has 1 amide bonds. The summed E-state index contributed by atoms with van der Waals surface area (Å²) in [6.07, 6.45) is 3.96. The summed E-state index contributed by atoms with van der Waals surface area (Å²) in [7, 11) is 0. The average Bonchev–Trinajstić information content (AvgIpc) is 2.65. The molecular formula is C22H21ClN2O2. The molecule has 0 aliphatic heterocycles. The van der Waals surface area contributed by atoms with Crippen molar-refractivity contribution in [2.75, 3.05) is 11.9 Å². The Labute approximate surface area is 164 Å². The minimum atomic E-state index is -0.489. The highest BCUT2D eigenvalue weighted by Crippen LogP contribution is 2.23. The van der Waals surface area contributed by atoms with Crippen molar-refractivity contribution in [2.24, 2.45) is 0 Å². The number of aryl methyl sites for hydroxylation is 1. The van der Waals surface area contributed by atoms with E-state index in [2.05, 4.69) is 11.9 Å². The van der Waals surface area contributed by atoms with Crippen LogP contribution in [-0.2, 0) is 11.2 Å². The molecule has 1 N–H and O–H groups in total. The van der Waals surface area contributed by atoms with Crippen LogP contribution in [0.5, 0.6) is 5.75 Å². The van der Waals surface area contributed by atoms with Crippen molar-refractivity contribution in [3.63, 3.8) is 0 Å². The van der Waals surface area contributed by atoms with E-state index in [1.54, 1.807) is 24.3 Å². The van der Waals surface area contributed by atoms with Gasteiger partial charge in [0.2, 0.25) is 0 Å². The molecule has 0 fully saturated rings. The largest absolute Gasteiger partial charge is 0.494 e. The first-order valence-corrected chi connectivity index (χ1v) is 8.92. The van der Waals surface area contributed by atoms with Crippen LogP contribution in [0.2, 0.25) is 5.02 Å². The Balaban J connectivity index is 2.27. The van der Waals surface area contributed by atoms with Crippen LogP contribution in [0.15, 0.2) is 54.6 Å². The van der Waals surface area contributed by atoms with Crippen LogP contribution in [-0.4, -0.2) is 12.5 Å². The summed E-state index contributed by atoms with van der Waals surface area (Å²) < 4.78 is 5.60. The molecule has 4 nitrogen and oxygen atoms in total. The molecule has 0 aromatic heterocycles. The highest BCUT2D eigenvalue weighted by molar-refractivity contribution is 6.31. The van der Waals surface area contributed by atoms with Crippen molar-refractivity contribution in [1.82, 2.24) is 0 Å². The first-order valence-electron chi connectivity index (χ1n) is 8.54. The van der Waals surface area contributed by atoms with Gasteiger partial charge in [0.25, 0.3) is 5.91 Å². The van der Waals surface area contributed by atoms with Crippen LogP contribution < -0.4 is 10.1 Å². The van der Waals surface area contributed by atoms with Gasteiger partial charge in [-0.05, 0) is 67.3 Å². The van der Waals surface area contributed by atoms with Crippen LogP contribution in [0.3, 0.4) is 0 Å². The fourth-order valence-corrected chi connectivity index (χ4v) is 2.67. The first-order chi connectivity index (χ1) is 13.0. The molecule has 2 rings (SSSR count). The second-order valence-electron chi connectivity index (χ2n) is 5.88. The van der Waals surface area contributed by atoms with E-state index in [4.69, 9.17) is 16.3 Å². The molecule has 0 bridgehead atoms. The van der Waals surface area contributed by atoms with E-state index in [1.807, 2.05) is 44.2 Å². The monoisotopic (exact) mass is 380 g/mol. The molecular weight excluding hydrogens is 360 g/mol. The highest BCUT2D eigenvalue weighted by atomic mass is 35.5. The zero-order valence-corrected chi connectivity index (χ0v) is 16.1. The van der Waals surface area contributed by atoms with Gasteiger partial charge in [0, 0.05) is 10.7 Å². The second kappa shape index (κ2) is 9.61. The van der Waals surface area contributed by atoms with Crippen molar-refractivity contribution in [3.8, 4) is 11.8 Å². The average molecular weight is 381 g/mol. The van der Waals surface area contributed by atoms with Gasteiger partial charge in [0.05, 0.1) is 6.61 Å². The standard InChI is InChI=1S/C22H21ClN2O2/c1-4-6-17-11-16(8-10-21(17)27-5-2)12-18(14-24)22(26)25-19-9-7-15(3)20(23)13-19/h4,7-13H,1,5-6H2,2-3H3,(H,25,26)/b18-12-. The number of allylic oxidation sites excluding steroid dienone is 1. The summed E-state index contributed by atoms with van der Waals surface area (Å²) in [6.45, 7) is 8.11. The van der Waals surface area contributed by atoms with Crippen molar-refractivity contribution in [2.45, 2.75) is 20.3 Å². The zero-order chi connectivity index (χ0) is 19.8. The first kappa shape index (κ1) is 20.3. The fraction of sp³-hybridized carbons (Fsp3) is 0.182. The van der Waals surface area contributed by atoms with Crippen molar-refractivity contribution in [3.05, 3.63) is 76.3 Å². The Hall–Kier alpha value is -3.03. The summed E-state index contributed by atoms with van der Waals surface area (Å²) >= 11 is 6.08. The summed E-state index contributed by atoms with van der Waals surface area (Å²) in [5, 5.41) is 12.6. The van der Waals surface area contributed by atoms with Gasteiger partial charge in [0.15, 0.2) is 0 Å². The molecule has 5 heteroatoms. The molecule has 0 aliphatic carbocycles. The van der Waals surface area contributed by atoms with E-state index in [0.29, 0.717) is 23.7 Å². The molecule has 2 aromatic rings. The van der Waals surface area contributed by atoms with Gasteiger partial charge in [0.1, 0.15) is 17.4 Å². The lowest BCUT2D eigenvalue weighted by Gasteiger charge is -2.10. The van der Waals surface area contributed by atoms with Crippen LogP contribution >= 0.6 is 11.6 Å². The van der Waals surface area contributed by atoms with Crippen LogP contribution in [0.25, 0.3) is 6.08 Å². The van der Waals surface area contributed by atoms with E-state index >= 15 is 0 Å².